The number of aromatic nitrogens is 1. The van der Waals surface area contributed by atoms with Gasteiger partial charge >= 0.3 is 5.63 Å². The van der Waals surface area contributed by atoms with Gasteiger partial charge < -0.3 is 9.15 Å². The normalized spacial score (nSPS) is 16.5. The largest absolute Gasteiger partial charge is 0.443 e. The van der Waals surface area contributed by atoms with Crippen LogP contribution in [0, 0.1) is 13.8 Å². The summed E-state index contributed by atoms with van der Waals surface area (Å²) in [6.07, 6.45) is 3.57. The summed E-state index contributed by atoms with van der Waals surface area (Å²) in [7, 11) is 0. The number of ether oxygens (including phenoxy) is 1. The van der Waals surface area contributed by atoms with E-state index in [9.17, 15) is 4.79 Å². The quantitative estimate of drug-likeness (QED) is 0.715. The molecule has 3 heterocycles. The molecule has 1 atom stereocenters. The van der Waals surface area contributed by atoms with Gasteiger partial charge in [-0.1, -0.05) is 11.6 Å². The summed E-state index contributed by atoms with van der Waals surface area (Å²) in [4.78, 5) is 17.4. The summed E-state index contributed by atoms with van der Waals surface area (Å²) >= 11 is 6.43. The van der Waals surface area contributed by atoms with E-state index in [-0.39, 0.29) is 5.63 Å². The molecule has 1 aromatic carbocycles. The van der Waals surface area contributed by atoms with Crippen LogP contribution in [0.4, 0.5) is 0 Å². The second-order valence-corrected chi connectivity index (χ2v) is 6.84. The Morgan fingerprint density at radius 3 is 2.76 bits per heavy atom. The minimum Gasteiger partial charge on any atom is -0.443 e. The summed E-state index contributed by atoms with van der Waals surface area (Å²) in [5.74, 6) is 0.624. The minimum absolute atomic E-state index is 0.309. The van der Waals surface area contributed by atoms with Gasteiger partial charge in [0.1, 0.15) is 13.1 Å². The zero-order valence-electron chi connectivity index (χ0n) is 14.1. The molecule has 3 aromatic rings. The van der Waals surface area contributed by atoms with Crippen molar-refractivity contribution in [2.75, 3.05) is 6.73 Å². The molecule has 0 spiro atoms. The molecule has 6 heteroatoms. The number of rotatable bonds is 2. The monoisotopic (exact) mass is 357 g/mol. The Bertz CT molecular complexity index is 1010. The average molecular weight is 358 g/mol. The minimum atomic E-state index is -0.309. The van der Waals surface area contributed by atoms with E-state index in [1.165, 1.54) is 10.5 Å². The van der Waals surface area contributed by atoms with Gasteiger partial charge in [0.25, 0.3) is 0 Å². The van der Waals surface area contributed by atoms with Gasteiger partial charge in [0, 0.05) is 28.9 Å². The lowest BCUT2D eigenvalue weighted by molar-refractivity contribution is -0.945. The Kier molecular flexibility index (Phi) is 3.98. The van der Waals surface area contributed by atoms with E-state index in [2.05, 4.69) is 4.98 Å². The van der Waals surface area contributed by atoms with Gasteiger partial charge in [-0.3, -0.25) is 9.88 Å². The van der Waals surface area contributed by atoms with Crippen LogP contribution in [0.25, 0.3) is 11.0 Å². The van der Waals surface area contributed by atoms with Crippen LogP contribution in [0.1, 0.15) is 22.3 Å². The molecular weight excluding hydrogens is 340 g/mol. The number of benzene rings is 1. The van der Waals surface area contributed by atoms with Crippen molar-refractivity contribution in [1.82, 2.24) is 4.98 Å². The lowest BCUT2D eigenvalue weighted by Gasteiger charge is -2.27. The molecule has 1 N–H and O–H groups in total. The van der Waals surface area contributed by atoms with Gasteiger partial charge in [0.2, 0.25) is 6.73 Å². The molecule has 0 aliphatic carbocycles. The number of aryl methyl sites for hydroxylation is 1. The average Bonchev–Trinajstić information content (AvgIpc) is 2.62. The van der Waals surface area contributed by atoms with Crippen molar-refractivity contribution in [3.8, 4) is 5.75 Å². The number of quaternary nitrogens is 1. The van der Waals surface area contributed by atoms with Crippen LogP contribution < -0.4 is 15.3 Å². The van der Waals surface area contributed by atoms with E-state index in [1.807, 2.05) is 25.1 Å². The molecule has 0 fully saturated rings. The molecule has 1 aliphatic heterocycles. The first-order valence-corrected chi connectivity index (χ1v) is 8.53. The number of halogens is 1. The highest BCUT2D eigenvalue weighted by Crippen LogP contribution is 2.37. The highest BCUT2D eigenvalue weighted by Gasteiger charge is 2.27. The van der Waals surface area contributed by atoms with Crippen LogP contribution in [0.15, 0.2) is 39.8 Å². The molecular formula is C19H18ClN2O3+. The standard InChI is InChI=1S/C19H17ClN2O3/c1-11-12(2)19(23)25-17-14(11)7-16(20)18-15(17)9-22(10-24-18)8-13-3-5-21-6-4-13/h3-7H,8-10H2,1-2H3/p+1. The zero-order valence-corrected chi connectivity index (χ0v) is 14.8. The van der Waals surface area contributed by atoms with E-state index >= 15 is 0 Å². The Labute approximate surface area is 149 Å². The van der Waals surface area contributed by atoms with E-state index in [4.69, 9.17) is 20.8 Å². The van der Waals surface area contributed by atoms with E-state index in [0.29, 0.717) is 35.2 Å². The summed E-state index contributed by atoms with van der Waals surface area (Å²) in [5.41, 5.74) is 3.82. The van der Waals surface area contributed by atoms with Crippen molar-refractivity contribution in [3.05, 3.63) is 68.3 Å². The Hall–Kier alpha value is -2.37. The summed E-state index contributed by atoms with van der Waals surface area (Å²) in [5, 5.41) is 1.43. The smallest absolute Gasteiger partial charge is 0.339 e. The van der Waals surface area contributed by atoms with Crippen molar-refractivity contribution in [2.45, 2.75) is 26.9 Å². The number of fused-ring (bicyclic) bond motifs is 3. The third-order valence-electron chi connectivity index (χ3n) is 4.80. The first-order valence-electron chi connectivity index (χ1n) is 8.15. The lowest BCUT2D eigenvalue weighted by Crippen LogP contribution is -3.10. The fraction of sp³-hybridized carbons (Fsp3) is 0.263. The molecule has 4 rings (SSSR count). The topological polar surface area (TPSA) is 56.8 Å². The van der Waals surface area contributed by atoms with Crippen molar-refractivity contribution >= 4 is 22.6 Å². The van der Waals surface area contributed by atoms with Crippen LogP contribution in [0.3, 0.4) is 0 Å². The third kappa shape index (κ3) is 2.79. The van der Waals surface area contributed by atoms with Crippen LogP contribution in [0.5, 0.6) is 5.75 Å². The number of nitrogens with one attached hydrogen (secondary N) is 1. The predicted molar refractivity (Wildman–Crippen MR) is 95.1 cm³/mol. The van der Waals surface area contributed by atoms with Crippen molar-refractivity contribution in [2.24, 2.45) is 0 Å². The molecule has 2 aromatic heterocycles. The maximum Gasteiger partial charge on any atom is 0.339 e. The molecule has 5 nitrogen and oxygen atoms in total. The van der Waals surface area contributed by atoms with Crippen molar-refractivity contribution in [3.63, 3.8) is 0 Å². The molecule has 1 aliphatic rings. The lowest BCUT2D eigenvalue weighted by atomic mass is 10.0. The van der Waals surface area contributed by atoms with Crippen LogP contribution in [-0.2, 0) is 13.1 Å². The van der Waals surface area contributed by atoms with Gasteiger partial charge in [-0.05, 0) is 37.6 Å². The van der Waals surface area contributed by atoms with Gasteiger partial charge in [-0.2, -0.15) is 0 Å². The molecule has 0 saturated carbocycles. The predicted octanol–water partition coefficient (Wildman–Crippen LogP) is 2.39. The maximum absolute atomic E-state index is 12.1. The first-order chi connectivity index (χ1) is 12.0. The second-order valence-electron chi connectivity index (χ2n) is 6.43. The highest BCUT2D eigenvalue weighted by molar-refractivity contribution is 6.33. The Balaban J connectivity index is 1.80. The van der Waals surface area contributed by atoms with E-state index in [1.54, 1.807) is 19.3 Å². The van der Waals surface area contributed by atoms with E-state index in [0.717, 1.165) is 23.1 Å². The van der Waals surface area contributed by atoms with Crippen LogP contribution in [-0.4, -0.2) is 11.7 Å². The van der Waals surface area contributed by atoms with Gasteiger partial charge in [0.05, 0.1) is 10.6 Å². The SMILES string of the molecule is Cc1c(C)c2cc(Cl)c3c(c2oc1=O)C[NH+](Cc1ccncc1)CO3. The first kappa shape index (κ1) is 16.1. The van der Waals surface area contributed by atoms with Gasteiger partial charge in [-0.15, -0.1) is 0 Å². The van der Waals surface area contributed by atoms with Crippen LogP contribution in [0.2, 0.25) is 5.02 Å². The van der Waals surface area contributed by atoms with Crippen LogP contribution >= 0.6 is 11.6 Å². The molecule has 0 saturated heterocycles. The van der Waals surface area contributed by atoms with Crippen molar-refractivity contribution in [1.29, 1.82) is 0 Å². The zero-order chi connectivity index (χ0) is 17.6. The molecule has 1 unspecified atom stereocenters. The third-order valence-corrected chi connectivity index (χ3v) is 5.08. The number of hydrogen-bond donors (Lipinski definition) is 1. The highest BCUT2D eigenvalue weighted by atomic mass is 35.5. The maximum atomic E-state index is 12.1. The molecule has 0 bridgehead atoms. The fourth-order valence-electron chi connectivity index (χ4n) is 3.28. The fourth-order valence-corrected chi connectivity index (χ4v) is 3.56. The summed E-state index contributed by atoms with van der Waals surface area (Å²) in [6, 6.07) is 5.81. The number of nitrogens with zero attached hydrogens (tertiary/aromatic N) is 1. The molecule has 25 heavy (non-hydrogen) atoms. The van der Waals surface area contributed by atoms with Gasteiger partial charge in [0.15, 0.2) is 11.3 Å². The summed E-state index contributed by atoms with van der Waals surface area (Å²) < 4.78 is 11.5. The Morgan fingerprint density at radius 1 is 1.24 bits per heavy atom. The molecule has 128 valence electrons. The summed E-state index contributed by atoms with van der Waals surface area (Å²) in [6.45, 7) is 5.68. The second kappa shape index (κ2) is 6.17. The molecule has 0 amide bonds. The Morgan fingerprint density at radius 2 is 2.00 bits per heavy atom. The number of hydrogen-bond acceptors (Lipinski definition) is 4. The number of pyridine rings is 1. The van der Waals surface area contributed by atoms with E-state index < -0.39 is 0 Å². The van der Waals surface area contributed by atoms with Crippen molar-refractivity contribution < 1.29 is 14.1 Å². The molecule has 0 radical (unpaired) electrons. The van der Waals surface area contributed by atoms with Gasteiger partial charge in [-0.25, -0.2) is 4.79 Å².